The van der Waals surface area contributed by atoms with Crippen LogP contribution in [0.3, 0.4) is 0 Å². The minimum atomic E-state index is -0.631. The van der Waals surface area contributed by atoms with Crippen LogP contribution in [0.5, 0.6) is 0 Å². The van der Waals surface area contributed by atoms with E-state index in [1.807, 2.05) is 0 Å². The van der Waals surface area contributed by atoms with Crippen molar-refractivity contribution in [1.29, 1.82) is 0 Å². The van der Waals surface area contributed by atoms with Crippen LogP contribution in [0.4, 0.5) is 0 Å². The molecule has 0 bridgehead atoms. The van der Waals surface area contributed by atoms with Crippen LogP contribution in [0.1, 0.15) is 61.7 Å². The van der Waals surface area contributed by atoms with E-state index in [0.717, 1.165) is 0 Å². The highest BCUT2D eigenvalue weighted by molar-refractivity contribution is 7.74. The summed E-state index contributed by atoms with van der Waals surface area (Å²) in [4.78, 5) is 5.02. The van der Waals surface area contributed by atoms with Crippen LogP contribution < -0.4 is 21.2 Å². The van der Waals surface area contributed by atoms with Crippen LogP contribution >= 0.6 is 15.8 Å². The molecular formula is C52H58N2P2. The lowest BCUT2D eigenvalue weighted by molar-refractivity contribution is 0.217. The van der Waals surface area contributed by atoms with Gasteiger partial charge in [-0.05, 0) is 142 Å². The van der Waals surface area contributed by atoms with Gasteiger partial charge in [0.1, 0.15) is 0 Å². The summed E-state index contributed by atoms with van der Waals surface area (Å²) in [5.41, 5.74) is 6.88. The van der Waals surface area contributed by atoms with Crippen LogP contribution in [-0.4, -0.2) is 49.3 Å². The first-order valence-electron chi connectivity index (χ1n) is 20.8. The summed E-state index contributed by atoms with van der Waals surface area (Å²) in [5.74, 6) is 1.16. The van der Waals surface area contributed by atoms with Crippen LogP contribution in [-0.2, 0) is 0 Å². The van der Waals surface area contributed by atoms with Crippen LogP contribution in [0.25, 0.3) is 11.1 Å². The number of rotatable bonds is 13. The number of hydrogen-bond donors (Lipinski definition) is 0. The SMILES string of the molecule is CN(C)[C@H](c1ccccc1)C1CCCC1P(c1ccccc1)c1ccccc1-c1cccc([C@H]([C@H]2CCCC2P(c2ccccc2)c2ccccc2)N(C)C)c1. The van der Waals surface area contributed by atoms with E-state index in [4.69, 9.17) is 0 Å². The molecule has 0 heterocycles. The molecular weight excluding hydrogens is 715 g/mol. The lowest BCUT2D eigenvalue weighted by Gasteiger charge is -2.39. The van der Waals surface area contributed by atoms with Crippen molar-refractivity contribution < 1.29 is 0 Å². The fraction of sp³-hybridized carbons (Fsp3) is 0.308. The predicted molar refractivity (Wildman–Crippen MR) is 245 cm³/mol. The monoisotopic (exact) mass is 772 g/mol. The van der Waals surface area contributed by atoms with Gasteiger partial charge in [0.05, 0.1) is 0 Å². The highest BCUT2D eigenvalue weighted by atomic mass is 31.1. The Bertz CT molecular complexity index is 2080. The van der Waals surface area contributed by atoms with E-state index in [1.54, 1.807) is 0 Å². The minimum Gasteiger partial charge on any atom is -0.302 e. The first-order valence-corrected chi connectivity index (χ1v) is 23.6. The second-order valence-corrected chi connectivity index (χ2v) is 21.3. The zero-order valence-corrected chi connectivity index (χ0v) is 35.5. The molecule has 56 heavy (non-hydrogen) atoms. The normalized spacial score (nSPS) is 21.4. The van der Waals surface area contributed by atoms with E-state index in [2.05, 4.69) is 208 Å². The first-order chi connectivity index (χ1) is 27.5. The van der Waals surface area contributed by atoms with Crippen LogP contribution in [0.2, 0.25) is 0 Å². The molecule has 0 aromatic heterocycles. The summed E-state index contributed by atoms with van der Waals surface area (Å²) in [6, 6.07) is 65.6. The average Bonchev–Trinajstić information content (AvgIpc) is 3.90. The molecule has 4 heteroatoms. The summed E-state index contributed by atoms with van der Waals surface area (Å²) in [6.45, 7) is 0. The van der Waals surface area contributed by atoms with E-state index in [0.29, 0.717) is 35.2 Å². The molecule has 4 unspecified atom stereocenters. The molecule has 6 aromatic rings. The fourth-order valence-corrected chi connectivity index (χ4v) is 17.0. The smallest absolute Gasteiger partial charge is 0.0376 e. The molecule has 0 amide bonds. The molecule has 2 fully saturated rings. The van der Waals surface area contributed by atoms with Gasteiger partial charge in [-0.2, -0.15) is 0 Å². The molecule has 0 saturated heterocycles. The van der Waals surface area contributed by atoms with Gasteiger partial charge < -0.3 is 9.80 Å². The lowest BCUT2D eigenvalue weighted by Crippen LogP contribution is -2.34. The molecule has 6 aromatic carbocycles. The standard InChI is InChI=1S/C52H58N2P2/c1-53(2)51(39-22-9-5-10-23-39)47-34-21-37-50(47)56(44-30-15-8-16-31-44)48-35-18-17-32-45(48)40-24-19-25-41(38-40)52(54(3)4)46-33-20-36-49(46)55(42-26-11-6-12-27-42)43-28-13-7-14-29-43/h5-19,22-32,35,38,46-47,49-52H,20-21,33-34,36-37H2,1-4H3/t46-,47?,49?,50?,51+,52+,56?/m0/s1. The molecule has 8 rings (SSSR count). The van der Waals surface area contributed by atoms with Crippen LogP contribution in [0.15, 0.2) is 170 Å². The maximum Gasteiger partial charge on any atom is 0.0376 e. The van der Waals surface area contributed by atoms with E-state index in [9.17, 15) is 0 Å². The second kappa shape index (κ2) is 18.1. The molecule has 0 radical (unpaired) electrons. The zero-order chi connectivity index (χ0) is 38.4. The Morgan fingerprint density at radius 2 is 0.857 bits per heavy atom. The Hall–Kier alpha value is -3.90. The fourth-order valence-electron chi connectivity index (χ4n) is 10.4. The molecule has 2 saturated carbocycles. The van der Waals surface area contributed by atoms with Gasteiger partial charge in [-0.3, -0.25) is 0 Å². The van der Waals surface area contributed by atoms with Crippen molar-refractivity contribution >= 4 is 37.1 Å². The second-order valence-electron chi connectivity index (χ2n) is 16.4. The Kier molecular flexibility index (Phi) is 12.6. The summed E-state index contributed by atoms with van der Waals surface area (Å²) < 4.78 is 0. The average molecular weight is 773 g/mol. The first kappa shape index (κ1) is 38.9. The maximum absolute atomic E-state index is 2.57. The van der Waals surface area contributed by atoms with E-state index >= 15 is 0 Å². The van der Waals surface area contributed by atoms with Crippen LogP contribution in [0, 0.1) is 11.8 Å². The predicted octanol–water partition coefficient (Wildman–Crippen LogP) is 11.2. The Labute approximate surface area is 339 Å². The topological polar surface area (TPSA) is 6.48 Å². The molecule has 0 spiro atoms. The largest absolute Gasteiger partial charge is 0.302 e. The van der Waals surface area contributed by atoms with Gasteiger partial charge in [0.15, 0.2) is 0 Å². The van der Waals surface area contributed by atoms with Gasteiger partial charge in [-0.25, -0.2) is 0 Å². The van der Waals surface area contributed by atoms with E-state index in [-0.39, 0.29) is 0 Å². The van der Waals surface area contributed by atoms with Gasteiger partial charge in [0.2, 0.25) is 0 Å². The molecule has 0 N–H and O–H groups in total. The summed E-state index contributed by atoms with van der Waals surface area (Å²) in [5, 5.41) is 6.05. The lowest BCUT2D eigenvalue weighted by atomic mass is 9.89. The number of benzene rings is 6. The van der Waals surface area contributed by atoms with Crippen molar-refractivity contribution in [2.24, 2.45) is 11.8 Å². The molecule has 286 valence electrons. The molecule has 2 aliphatic rings. The zero-order valence-electron chi connectivity index (χ0n) is 33.7. The molecule has 0 aliphatic heterocycles. The Morgan fingerprint density at radius 3 is 1.39 bits per heavy atom. The number of nitrogens with zero attached hydrogens (tertiary/aromatic N) is 2. The molecule has 2 aliphatic carbocycles. The summed E-state index contributed by atoms with van der Waals surface area (Å²) in [6.07, 6.45) is 7.68. The third-order valence-corrected chi connectivity index (χ3v) is 18.7. The maximum atomic E-state index is 2.57. The molecule has 7 atom stereocenters. The third-order valence-electron chi connectivity index (χ3n) is 12.6. The van der Waals surface area contributed by atoms with Gasteiger partial charge in [0.25, 0.3) is 0 Å². The number of hydrogen-bond acceptors (Lipinski definition) is 2. The Morgan fingerprint density at radius 1 is 0.429 bits per heavy atom. The highest BCUT2D eigenvalue weighted by Crippen LogP contribution is 2.56. The van der Waals surface area contributed by atoms with Crippen molar-refractivity contribution in [2.75, 3.05) is 28.2 Å². The van der Waals surface area contributed by atoms with Crippen molar-refractivity contribution in [3.63, 3.8) is 0 Å². The van der Waals surface area contributed by atoms with Crippen molar-refractivity contribution in [3.05, 3.63) is 181 Å². The van der Waals surface area contributed by atoms with Crippen molar-refractivity contribution in [1.82, 2.24) is 9.80 Å². The van der Waals surface area contributed by atoms with E-state index in [1.165, 1.54) is 82.0 Å². The van der Waals surface area contributed by atoms with Crippen molar-refractivity contribution in [3.8, 4) is 11.1 Å². The summed E-state index contributed by atoms with van der Waals surface area (Å²) >= 11 is 0. The highest BCUT2D eigenvalue weighted by Gasteiger charge is 2.43. The minimum absolute atomic E-state index is 0.341. The molecule has 2 nitrogen and oxygen atoms in total. The van der Waals surface area contributed by atoms with Gasteiger partial charge >= 0.3 is 0 Å². The third kappa shape index (κ3) is 8.24. The van der Waals surface area contributed by atoms with Crippen molar-refractivity contribution in [2.45, 2.75) is 61.9 Å². The van der Waals surface area contributed by atoms with Gasteiger partial charge in [-0.1, -0.05) is 177 Å². The quantitative estimate of drug-likeness (QED) is 0.108. The summed E-state index contributed by atoms with van der Waals surface area (Å²) in [7, 11) is 8.08. The van der Waals surface area contributed by atoms with E-state index < -0.39 is 15.8 Å². The Balaban J connectivity index is 1.19. The van der Waals surface area contributed by atoms with Gasteiger partial charge in [-0.15, -0.1) is 0 Å². The van der Waals surface area contributed by atoms with Gasteiger partial charge in [0, 0.05) is 12.1 Å².